The summed E-state index contributed by atoms with van der Waals surface area (Å²) in [4.78, 5) is 23.4. The van der Waals surface area contributed by atoms with E-state index >= 15 is 0 Å². The van der Waals surface area contributed by atoms with Gasteiger partial charge in [0.15, 0.2) is 0 Å². The number of carbonyl (C=O) groups excluding carboxylic acids is 2. The molecule has 0 heterocycles. The normalized spacial score (nSPS) is 10.5. The fourth-order valence-electron chi connectivity index (χ4n) is 1.95. The van der Waals surface area contributed by atoms with E-state index in [0.29, 0.717) is 5.69 Å². The van der Waals surface area contributed by atoms with Crippen molar-refractivity contribution in [3.63, 3.8) is 0 Å². The highest BCUT2D eigenvalue weighted by Gasteiger charge is 2.05. The highest BCUT2D eigenvalue weighted by atomic mass is 19.1. The molecule has 2 aromatic carbocycles. The molecule has 0 aromatic heterocycles. The van der Waals surface area contributed by atoms with Crippen molar-refractivity contribution in [2.45, 2.75) is 13.3 Å². The SMILES string of the molecule is CCc1ccccc1NC(=O)/C=C/C(=O)Oc1cccc(F)c1. The Morgan fingerprint density at radius 3 is 2.65 bits per heavy atom. The highest BCUT2D eigenvalue weighted by Crippen LogP contribution is 2.15. The Labute approximate surface area is 133 Å². The molecular weight excluding hydrogens is 297 g/mol. The summed E-state index contributed by atoms with van der Waals surface area (Å²) in [5.41, 5.74) is 1.69. The third-order valence-electron chi connectivity index (χ3n) is 3.04. The number of anilines is 1. The van der Waals surface area contributed by atoms with Gasteiger partial charge < -0.3 is 10.1 Å². The lowest BCUT2D eigenvalue weighted by Crippen LogP contribution is -2.11. The topological polar surface area (TPSA) is 55.4 Å². The van der Waals surface area contributed by atoms with Gasteiger partial charge in [-0.2, -0.15) is 0 Å². The second kappa shape index (κ2) is 7.89. The van der Waals surface area contributed by atoms with E-state index < -0.39 is 17.7 Å². The summed E-state index contributed by atoms with van der Waals surface area (Å²) in [6.45, 7) is 1.98. The molecule has 0 aliphatic rings. The molecule has 0 saturated carbocycles. The van der Waals surface area contributed by atoms with Crippen LogP contribution in [0.2, 0.25) is 0 Å². The Morgan fingerprint density at radius 1 is 1.13 bits per heavy atom. The van der Waals surface area contributed by atoms with Gasteiger partial charge in [0.2, 0.25) is 5.91 Å². The fourth-order valence-corrected chi connectivity index (χ4v) is 1.95. The van der Waals surface area contributed by atoms with Crippen molar-refractivity contribution in [3.05, 3.63) is 72.1 Å². The van der Waals surface area contributed by atoms with Crippen LogP contribution in [-0.4, -0.2) is 11.9 Å². The number of nitrogens with one attached hydrogen (secondary N) is 1. The third-order valence-corrected chi connectivity index (χ3v) is 3.04. The highest BCUT2D eigenvalue weighted by molar-refractivity contribution is 6.03. The molecular formula is C18H16FNO3. The minimum absolute atomic E-state index is 0.0800. The van der Waals surface area contributed by atoms with E-state index in [2.05, 4.69) is 5.32 Å². The van der Waals surface area contributed by atoms with E-state index in [4.69, 9.17) is 4.74 Å². The first-order valence-electron chi connectivity index (χ1n) is 7.13. The Morgan fingerprint density at radius 2 is 1.91 bits per heavy atom. The van der Waals surface area contributed by atoms with E-state index in [1.807, 2.05) is 25.1 Å². The second-order valence-corrected chi connectivity index (χ2v) is 4.71. The molecule has 0 saturated heterocycles. The summed E-state index contributed by atoms with van der Waals surface area (Å²) in [5, 5.41) is 2.70. The number of esters is 1. The van der Waals surface area contributed by atoms with E-state index in [0.717, 1.165) is 30.2 Å². The third kappa shape index (κ3) is 5.07. The predicted octanol–water partition coefficient (Wildman–Crippen LogP) is 3.49. The van der Waals surface area contributed by atoms with Crippen LogP contribution in [0, 0.1) is 5.82 Å². The van der Waals surface area contributed by atoms with E-state index in [1.165, 1.54) is 18.2 Å². The zero-order chi connectivity index (χ0) is 16.7. The molecule has 0 aliphatic carbocycles. The average Bonchev–Trinajstić information content (AvgIpc) is 2.53. The summed E-state index contributed by atoms with van der Waals surface area (Å²) >= 11 is 0. The summed E-state index contributed by atoms with van der Waals surface area (Å²) in [5.74, 6) is -1.62. The standard InChI is InChI=1S/C18H16FNO3/c1-2-13-6-3-4-9-16(13)20-17(21)10-11-18(22)23-15-8-5-7-14(19)12-15/h3-12H,2H2,1H3,(H,20,21)/b11-10+. The van der Waals surface area contributed by atoms with E-state index in [9.17, 15) is 14.0 Å². The first kappa shape index (κ1) is 16.4. The monoisotopic (exact) mass is 313 g/mol. The molecule has 0 atom stereocenters. The van der Waals surface area contributed by atoms with Gasteiger partial charge in [-0.25, -0.2) is 9.18 Å². The lowest BCUT2D eigenvalue weighted by atomic mass is 10.1. The number of ether oxygens (including phenoxy) is 1. The molecule has 0 unspecified atom stereocenters. The van der Waals surface area contributed by atoms with Crippen LogP contribution in [0.4, 0.5) is 10.1 Å². The van der Waals surface area contributed by atoms with E-state index in [1.54, 1.807) is 6.07 Å². The first-order chi connectivity index (χ1) is 11.1. The zero-order valence-electron chi connectivity index (χ0n) is 12.6. The number of para-hydroxylation sites is 1. The van der Waals surface area contributed by atoms with Gasteiger partial charge >= 0.3 is 5.97 Å². The Hall–Kier alpha value is -2.95. The largest absolute Gasteiger partial charge is 0.423 e. The lowest BCUT2D eigenvalue weighted by Gasteiger charge is -2.07. The van der Waals surface area contributed by atoms with Crippen molar-refractivity contribution >= 4 is 17.6 Å². The predicted molar refractivity (Wildman–Crippen MR) is 85.6 cm³/mol. The van der Waals surface area contributed by atoms with Gasteiger partial charge in [-0.3, -0.25) is 4.79 Å². The van der Waals surface area contributed by atoms with Gasteiger partial charge in [0.05, 0.1) is 0 Å². The smallest absolute Gasteiger partial charge is 0.336 e. The van der Waals surface area contributed by atoms with Crippen LogP contribution in [0.25, 0.3) is 0 Å². The first-order valence-corrected chi connectivity index (χ1v) is 7.13. The molecule has 0 fully saturated rings. The molecule has 4 nitrogen and oxygen atoms in total. The maximum atomic E-state index is 13.0. The van der Waals surface area contributed by atoms with Crippen LogP contribution < -0.4 is 10.1 Å². The van der Waals surface area contributed by atoms with Crippen molar-refractivity contribution in [3.8, 4) is 5.75 Å². The zero-order valence-corrected chi connectivity index (χ0v) is 12.6. The van der Waals surface area contributed by atoms with Crippen LogP contribution >= 0.6 is 0 Å². The quantitative estimate of drug-likeness (QED) is 0.522. The van der Waals surface area contributed by atoms with Crippen LogP contribution in [0.3, 0.4) is 0 Å². The number of halogens is 1. The number of benzene rings is 2. The summed E-state index contributed by atoms with van der Waals surface area (Å²) in [6, 6.07) is 12.6. The number of rotatable bonds is 5. The van der Waals surface area contributed by atoms with Crippen LogP contribution in [0.15, 0.2) is 60.7 Å². The summed E-state index contributed by atoms with van der Waals surface area (Å²) in [6.07, 6.45) is 2.85. The maximum Gasteiger partial charge on any atom is 0.336 e. The maximum absolute atomic E-state index is 13.0. The molecule has 23 heavy (non-hydrogen) atoms. The van der Waals surface area contributed by atoms with E-state index in [-0.39, 0.29) is 5.75 Å². The van der Waals surface area contributed by atoms with Crippen molar-refractivity contribution < 1.29 is 18.7 Å². The Kier molecular flexibility index (Phi) is 5.63. The molecule has 0 aliphatic heterocycles. The van der Waals surface area contributed by atoms with Gasteiger partial charge in [0.25, 0.3) is 0 Å². The number of amides is 1. The minimum Gasteiger partial charge on any atom is -0.423 e. The van der Waals surface area contributed by atoms with Crippen LogP contribution in [0.5, 0.6) is 5.75 Å². The Bertz CT molecular complexity index is 741. The molecule has 0 spiro atoms. The van der Waals surface area contributed by atoms with Crippen molar-refractivity contribution in [2.24, 2.45) is 0 Å². The number of carbonyl (C=O) groups is 2. The molecule has 0 bridgehead atoms. The fraction of sp³-hybridized carbons (Fsp3) is 0.111. The van der Waals surface area contributed by atoms with Gasteiger partial charge in [0, 0.05) is 23.9 Å². The number of hydrogen-bond donors (Lipinski definition) is 1. The van der Waals surface area contributed by atoms with Gasteiger partial charge in [-0.1, -0.05) is 31.2 Å². The molecule has 1 amide bonds. The van der Waals surface area contributed by atoms with Crippen LogP contribution in [0.1, 0.15) is 12.5 Å². The number of aryl methyl sites for hydroxylation is 1. The van der Waals surface area contributed by atoms with Gasteiger partial charge in [-0.05, 0) is 30.2 Å². The molecule has 1 N–H and O–H groups in total. The summed E-state index contributed by atoms with van der Waals surface area (Å²) < 4.78 is 17.9. The summed E-state index contributed by atoms with van der Waals surface area (Å²) in [7, 11) is 0. The Balaban J connectivity index is 1.94. The minimum atomic E-state index is -0.755. The lowest BCUT2D eigenvalue weighted by molar-refractivity contribution is -0.129. The average molecular weight is 313 g/mol. The van der Waals surface area contributed by atoms with Crippen molar-refractivity contribution in [1.29, 1.82) is 0 Å². The molecule has 5 heteroatoms. The molecule has 2 rings (SSSR count). The number of hydrogen-bond acceptors (Lipinski definition) is 3. The van der Waals surface area contributed by atoms with Crippen molar-refractivity contribution in [1.82, 2.24) is 0 Å². The van der Waals surface area contributed by atoms with Gasteiger partial charge in [-0.15, -0.1) is 0 Å². The molecule has 118 valence electrons. The molecule has 2 aromatic rings. The molecule has 0 radical (unpaired) electrons. The second-order valence-electron chi connectivity index (χ2n) is 4.71. The van der Waals surface area contributed by atoms with Crippen LogP contribution in [-0.2, 0) is 16.0 Å². The van der Waals surface area contributed by atoms with Gasteiger partial charge in [0.1, 0.15) is 11.6 Å². The van der Waals surface area contributed by atoms with Crippen molar-refractivity contribution in [2.75, 3.05) is 5.32 Å².